The largest absolute Gasteiger partial charge is 0.480 e. The number of nitrogens with zero attached hydrogens (tertiary/aromatic N) is 1. The Bertz CT molecular complexity index is 947. The molecule has 1 heterocycles. The standard InChI is InChI=1S/C23H45N13O5/c24-13(5-1-9-31-21(25)26)19(39)36-12-4-8-16(36)18(38)34-14(6-2-10-32-22(27)28)17(37)35-15(20(40)41)7-3-11-33-23(29)30/h13-16H,1-12,24H2,(H,34,38)(H,35,37)(H,40,41)(H4,25,26,31)(H4,27,28,32)(H4,29,30,33)/t13-,14-,15-,16-/m0/s1. The third-order valence-corrected chi connectivity index (χ3v) is 6.38. The average Bonchev–Trinajstić information content (AvgIpc) is 3.39. The zero-order valence-electron chi connectivity index (χ0n) is 23.1. The molecule has 0 aromatic rings. The lowest BCUT2D eigenvalue weighted by Gasteiger charge is -2.29. The minimum atomic E-state index is -1.26. The van der Waals surface area contributed by atoms with Crippen LogP contribution in [-0.2, 0) is 19.2 Å². The van der Waals surface area contributed by atoms with Gasteiger partial charge in [-0.25, -0.2) is 4.79 Å². The molecule has 0 aromatic heterocycles. The lowest BCUT2D eigenvalue weighted by molar-refractivity contribution is -0.143. The van der Waals surface area contributed by atoms with Crippen LogP contribution in [0.1, 0.15) is 51.4 Å². The molecule has 1 saturated heterocycles. The topological polar surface area (TPSA) is 328 Å². The molecule has 17 N–H and O–H groups in total. The zero-order valence-corrected chi connectivity index (χ0v) is 23.1. The molecule has 0 saturated carbocycles. The summed E-state index contributed by atoms with van der Waals surface area (Å²) in [7, 11) is 0. The predicted octanol–water partition coefficient (Wildman–Crippen LogP) is -3.85. The summed E-state index contributed by atoms with van der Waals surface area (Å²) >= 11 is 0. The fourth-order valence-corrected chi connectivity index (χ4v) is 4.31. The Labute approximate surface area is 238 Å². The van der Waals surface area contributed by atoms with Gasteiger partial charge >= 0.3 is 5.97 Å². The summed E-state index contributed by atoms with van der Waals surface area (Å²) in [5.41, 5.74) is 21.8. The molecule has 18 nitrogen and oxygen atoms in total. The van der Waals surface area contributed by atoms with Crippen LogP contribution < -0.4 is 49.5 Å². The highest BCUT2D eigenvalue weighted by Crippen LogP contribution is 2.19. The SMILES string of the molecule is N=C(N)NCCC[C@H](NC(=O)[C@H](CCCNC(=N)N)NC(=O)[C@@H]1CCCN1C(=O)[C@@H](N)CCCNC(=N)N)C(=O)O. The van der Waals surface area contributed by atoms with Crippen molar-refractivity contribution in [3.05, 3.63) is 0 Å². The van der Waals surface area contributed by atoms with E-state index in [-0.39, 0.29) is 43.8 Å². The molecule has 1 fully saturated rings. The molecule has 1 aliphatic heterocycles. The first-order chi connectivity index (χ1) is 19.3. The third kappa shape index (κ3) is 13.5. The van der Waals surface area contributed by atoms with Gasteiger partial charge in [0.05, 0.1) is 6.04 Å². The van der Waals surface area contributed by atoms with Crippen LogP contribution in [0.2, 0.25) is 0 Å². The van der Waals surface area contributed by atoms with Crippen LogP contribution in [0.4, 0.5) is 0 Å². The summed E-state index contributed by atoms with van der Waals surface area (Å²) in [6.45, 7) is 1.19. The first-order valence-corrected chi connectivity index (χ1v) is 13.5. The lowest BCUT2D eigenvalue weighted by Crippen LogP contribution is -2.56. The van der Waals surface area contributed by atoms with Gasteiger partial charge in [0.25, 0.3) is 0 Å². The number of carboxylic acids is 1. The van der Waals surface area contributed by atoms with Gasteiger partial charge in [-0.15, -0.1) is 0 Å². The Morgan fingerprint density at radius 2 is 1.29 bits per heavy atom. The van der Waals surface area contributed by atoms with Gasteiger partial charge in [0, 0.05) is 26.2 Å². The van der Waals surface area contributed by atoms with Crippen molar-refractivity contribution in [3.8, 4) is 0 Å². The molecule has 3 amide bonds. The lowest BCUT2D eigenvalue weighted by atomic mass is 10.1. The van der Waals surface area contributed by atoms with E-state index in [4.69, 9.17) is 39.2 Å². The molecule has 0 bridgehead atoms. The number of amides is 3. The van der Waals surface area contributed by atoms with Gasteiger partial charge in [0.2, 0.25) is 17.7 Å². The second kappa shape index (κ2) is 18.1. The highest BCUT2D eigenvalue weighted by atomic mass is 16.4. The van der Waals surface area contributed by atoms with Crippen molar-refractivity contribution < 1.29 is 24.3 Å². The molecular formula is C23H45N13O5. The van der Waals surface area contributed by atoms with Crippen LogP contribution in [0.25, 0.3) is 0 Å². The molecule has 1 rings (SSSR count). The fraction of sp³-hybridized carbons (Fsp3) is 0.696. The number of hydrogen-bond acceptors (Lipinski definition) is 8. The van der Waals surface area contributed by atoms with Crippen molar-refractivity contribution >= 4 is 41.6 Å². The van der Waals surface area contributed by atoms with E-state index in [0.717, 1.165) is 0 Å². The first-order valence-electron chi connectivity index (χ1n) is 13.5. The van der Waals surface area contributed by atoms with Gasteiger partial charge < -0.3 is 59.5 Å². The van der Waals surface area contributed by atoms with Gasteiger partial charge in [-0.3, -0.25) is 30.6 Å². The van der Waals surface area contributed by atoms with E-state index in [1.54, 1.807) is 0 Å². The zero-order chi connectivity index (χ0) is 30.9. The molecule has 0 spiro atoms. The number of nitrogens with one attached hydrogen (secondary N) is 8. The van der Waals surface area contributed by atoms with Crippen molar-refractivity contribution in [3.63, 3.8) is 0 Å². The number of guanidine groups is 3. The maximum atomic E-state index is 13.3. The average molecular weight is 584 g/mol. The summed E-state index contributed by atoms with van der Waals surface area (Å²) in [6.07, 6.45) is 2.54. The smallest absolute Gasteiger partial charge is 0.326 e. The Morgan fingerprint density at radius 1 is 0.805 bits per heavy atom. The van der Waals surface area contributed by atoms with Crippen molar-refractivity contribution in [1.29, 1.82) is 16.2 Å². The van der Waals surface area contributed by atoms with Crippen LogP contribution in [0, 0.1) is 16.2 Å². The van der Waals surface area contributed by atoms with Crippen LogP contribution in [-0.4, -0.2) is 102 Å². The van der Waals surface area contributed by atoms with Crippen molar-refractivity contribution in [2.45, 2.75) is 75.5 Å². The molecule has 41 heavy (non-hydrogen) atoms. The van der Waals surface area contributed by atoms with Gasteiger partial charge in [-0.1, -0.05) is 0 Å². The highest BCUT2D eigenvalue weighted by molar-refractivity contribution is 5.94. The van der Waals surface area contributed by atoms with E-state index in [1.165, 1.54) is 4.90 Å². The van der Waals surface area contributed by atoms with E-state index in [0.29, 0.717) is 51.6 Å². The Kier molecular flexibility index (Phi) is 15.3. The number of carbonyl (C=O) groups is 4. The number of aliphatic carboxylic acids is 1. The third-order valence-electron chi connectivity index (χ3n) is 6.38. The van der Waals surface area contributed by atoms with E-state index in [2.05, 4.69) is 26.6 Å². The monoisotopic (exact) mass is 583 g/mol. The molecule has 0 unspecified atom stereocenters. The van der Waals surface area contributed by atoms with E-state index < -0.39 is 47.9 Å². The maximum absolute atomic E-state index is 13.3. The molecule has 232 valence electrons. The summed E-state index contributed by atoms with van der Waals surface area (Å²) in [5.74, 6) is -3.62. The van der Waals surface area contributed by atoms with Gasteiger partial charge in [0.1, 0.15) is 18.1 Å². The maximum Gasteiger partial charge on any atom is 0.326 e. The van der Waals surface area contributed by atoms with Crippen molar-refractivity contribution in [1.82, 2.24) is 31.5 Å². The summed E-state index contributed by atoms with van der Waals surface area (Å²) in [6, 6.07) is -4.06. The summed E-state index contributed by atoms with van der Waals surface area (Å²) in [4.78, 5) is 52.5. The van der Waals surface area contributed by atoms with Gasteiger partial charge in [-0.05, 0) is 51.4 Å². The van der Waals surface area contributed by atoms with Crippen LogP contribution >= 0.6 is 0 Å². The normalized spacial score (nSPS) is 16.5. The van der Waals surface area contributed by atoms with Crippen LogP contribution in [0.3, 0.4) is 0 Å². The molecule has 0 aliphatic carbocycles. The number of likely N-dealkylation sites (tertiary alicyclic amines) is 1. The summed E-state index contributed by atoms with van der Waals surface area (Å²) in [5, 5.41) is 44.1. The molecular weight excluding hydrogens is 538 g/mol. The number of carbonyl (C=O) groups excluding carboxylic acids is 3. The van der Waals surface area contributed by atoms with Crippen LogP contribution in [0.15, 0.2) is 0 Å². The number of hydrogen-bond donors (Lipinski definition) is 13. The van der Waals surface area contributed by atoms with Gasteiger partial charge in [-0.2, -0.15) is 0 Å². The second-order valence-corrected chi connectivity index (χ2v) is 9.70. The quantitative estimate of drug-likeness (QED) is 0.0419. The predicted molar refractivity (Wildman–Crippen MR) is 152 cm³/mol. The highest BCUT2D eigenvalue weighted by Gasteiger charge is 2.37. The minimum Gasteiger partial charge on any atom is -0.480 e. The fourth-order valence-electron chi connectivity index (χ4n) is 4.31. The number of nitrogens with two attached hydrogens (primary N) is 4. The van der Waals surface area contributed by atoms with Gasteiger partial charge in [0.15, 0.2) is 17.9 Å². The van der Waals surface area contributed by atoms with Crippen LogP contribution in [0.5, 0.6) is 0 Å². The number of rotatable bonds is 18. The molecule has 18 heteroatoms. The van der Waals surface area contributed by atoms with Crippen molar-refractivity contribution in [2.75, 3.05) is 26.2 Å². The Hall–Kier alpha value is -4.35. The van der Waals surface area contributed by atoms with E-state index in [1.807, 2.05) is 0 Å². The molecule has 1 aliphatic rings. The minimum absolute atomic E-state index is 0.0542. The second-order valence-electron chi connectivity index (χ2n) is 9.70. The summed E-state index contributed by atoms with van der Waals surface area (Å²) < 4.78 is 0. The number of carboxylic acid groups (broad SMARTS) is 1. The molecule has 4 atom stereocenters. The van der Waals surface area contributed by atoms with E-state index in [9.17, 15) is 24.3 Å². The Balaban J connectivity index is 2.87. The molecule has 0 radical (unpaired) electrons. The van der Waals surface area contributed by atoms with E-state index >= 15 is 0 Å². The van der Waals surface area contributed by atoms with Crippen molar-refractivity contribution in [2.24, 2.45) is 22.9 Å². The molecule has 0 aromatic carbocycles. The first kappa shape index (κ1) is 34.7. The Morgan fingerprint density at radius 3 is 1.78 bits per heavy atom.